The second-order valence-electron chi connectivity index (χ2n) is 6.03. The lowest BCUT2D eigenvalue weighted by Gasteiger charge is -2.35. The van der Waals surface area contributed by atoms with Gasteiger partial charge in [-0.1, -0.05) is 6.92 Å². The van der Waals surface area contributed by atoms with Crippen LogP contribution in [0.4, 0.5) is 0 Å². The highest BCUT2D eigenvalue weighted by Crippen LogP contribution is 2.19. The van der Waals surface area contributed by atoms with Gasteiger partial charge in [0, 0.05) is 19.6 Å². The van der Waals surface area contributed by atoms with E-state index in [2.05, 4.69) is 36.1 Å². The normalized spacial score (nSPS) is 29.6. The van der Waals surface area contributed by atoms with Crippen LogP contribution in [0, 0.1) is 17.8 Å². The van der Waals surface area contributed by atoms with Crippen molar-refractivity contribution in [3.63, 3.8) is 0 Å². The molecule has 0 spiro atoms. The molecule has 0 aromatic rings. The fourth-order valence-corrected chi connectivity index (χ4v) is 3.04. The topological polar surface area (TPSA) is 18.5 Å². The minimum Gasteiger partial charge on any atom is -0.316 e. The summed E-state index contributed by atoms with van der Waals surface area (Å²) in [5, 5.41) is 3.37. The Hall–Kier alpha value is -0.120. The van der Waals surface area contributed by atoms with Gasteiger partial charge < -0.3 is 15.1 Å². The van der Waals surface area contributed by atoms with E-state index in [1.165, 1.54) is 45.7 Å². The van der Waals surface area contributed by atoms with Crippen molar-refractivity contribution in [2.24, 2.45) is 17.8 Å². The summed E-state index contributed by atoms with van der Waals surface area (Å²) in [7, 11) is 4.53. The number of hydrogen-bond acceptors (Lipinski definition) is 3. The van der Waals surface area contributed by atoms with Crippen molar-refractivity contribution in [3.8, 4) is 0 Å². The van der Waals surface area contributed by atoms with E-state index in [9.17, 15) is 0 Å². The van der Waals surface area contributed by atoms with Crippen LogP contribution in [0.15, 0.2) is 0 Å². The van der Waals surface area contributed by atoms with Gasteiger partial charge >= 0.3 is 0 Å². The van der Waals surface area contributed by atoms with Crippen molar-refractivity contribution in [2.45, 2.75) is 13.3 Å². The summed E-state index contributed by atoms with van der Waals surface area (Å²) in [6.45, 7) is 10.0. The molecule has 0 aromatic carbocycles. The van der Waals surface area contributed by atoms with Gasteiger partial charge in [0.2, 0.25) is 0 Å². The Morgan fingerprint density at radius 3 is 2.69 bits per heavy atom. The number of hydrogen-bond donors (Lipinski definition) is 1. The third kappa shape index (κ3) is 3.19. The molecule has 16 heavy (non-hydrogen) atoms. The van der Waals surface area contributed by atoms with E-state index in [-0.39, 0.29) is 0 Å². The van der Waals surface area contributed by atoms with E-state index < -0.39 is 0 Å². The van der Waals surface area contributed by atoms with E-state index in [0.717, 1.165) is 17.8 Å². The summed E-state index contributed by atoms with van der Waals surface area (Å²) in [4.78, 5) is 5.00. The van der Waals surface area contributed by atoms with Gasteiger partial charge in [-0.05, 0) is 57.9 Å². The van der Waals surface area contributed by atoms with Gasteiger partial charge in [-0.3, -0.25) is 0 Å². The Morgan fingerprint density at radius 1 is 1.44 bits per heavy atom. The van der Waals surface area contributed by atoms with Crippen LogP contribution in [0.3, 0.4) is 0 Å². The van der Waals surface area contributed by atoms with Crippen LogP contribution >= 0.6 is 0 Å². The van der Waals surface area contributed by atoms with Crippen molar-refractivity contribution in [3.05, 3.63) is 0 Å². The van der Waals surface area contributed by atoms with Crippen LogP contribution in [-0.2, 0) is 0 Å². The lowest BCUT2D eigenvalue weighted by Crippen LogP contribution is -2.48. The van der Waals surface area contributed by atoms with Crippen LogP contribution in [0.2, 0.25) is 0 Å². The zero-order valence-corrected chi connectivity index (χ0v) is 11.1. The van der Waals surface area contributed by atoms with Gasteiger partial charge in [0.25, 0.3) is 0 Å². The van der Waals surface area contributed by atoms with E-state index in [1.807, 2.05) is 0 Å². The van der Waals surface area contributed by atoms with Crippen LogP contribution in [0.1, 0.15) is 13.3 Å². The molecule has 2 unspecified atom stereocenters. The molecule has 2 aliphatic rings. The molecule has 2 heterocycles. The maximum atomic E-state index is 3.37. The Kier molecular flexibility index (Phi) is 4.22. The molecule has 2 atom stereocenters. The number of nitrogens with one attached hydrogen (secondary N) is 1. The standard InChI is InChI=1S/C13H27N3/c1-11(13-6-14-7-13)8-16(3)10-12-4-5-15(2)9-12/h11-14H,4-10H2,1-3H3. The highest BCUT2D eigenvalue weighted by Gasteiger charge is 2.26. The van der Waals surface area contributed by atoms with E-state index in [0.29, 0.717) is 0 Å². The Morgan fingerprint density at radius 2 is 2.19 bits per heavy atom. The lowest BCUT2D eigenvalue weighted by atomic mass is 9.88. The zero-order valence-electron chi connectivity index (χ0n) is 11.1. The minimum absolute atomic E-state index is 0.852. The molecule has 2 rings (SSSR count). The SMILES string of the molecule is CC(CN(C)CC1CCN(C)C1)C1CNC1. The summed E-state index contributed by atoms with van der Waals surface area (Å²) in [6, 6.07) is 0. The fourth-order valence-electron chi connectivity index (χ4n) is 3.04. The highest BCUT2D eigenvalue weighted by molar-refractivity contribution is 4.82. The molecular weight excluding hydrogens is 198 g/mol. The second-order valence-corrected chi connectivity index (χ2v) is 6.03. The zero-order chi connectivity index (χ0) is 11.5. The Bertz CT molecular complexity index is 211. The smallest absolute Gasteiger partial charge is 0.00194 e. The van der Waals surface area contributed by atoms with Gasteiger partial charge in [-0.15, -0.1) is 0 Å². The van der Waals surface area contributed by atoms with E-state index in [4.69, 9.17) is 0 Å². The monoisotopic (exact) mass is 225 g/mol. The van der Waals surface area contributed by atoms with Crippen LogP contribution in [0.5, 0.6) is 0 Å². The second kappa shape index (κ2) is 5.48. The predicted octanol–water partition coefficient (Wildman–Crippen LogP) is 0.725. The average Bonchev–Trinajstić information content (AvgIpc) is 2.47. The van der Waals surface area contributed by atoms with Crippen LogP contribution in [0.25, 0.3) is 0 Å². The Balaban J connectivity index is 1.65. The summed E-state index contributed by atoms with van der Waals surface area (Å²) in [5.41, 5.74) is 0. The maximum Gasteiger partial charge on any atom is 0.00194 e. The molecule has 2 fully saturated rings. The highest BCUT2D eigenvalue weighted by atomic mass is 15.1. The lowest BCUT2D eigenvalue weighted by molar-refractivity contribution is 0.172. The first-order valence-electron chi connectivity index (χ1n) is 6.73. The third-order valence-electron chi connectivity index (χ3n) is 4.28. The fraction of sp³-hybridized carbons (Fsp3) is 1.00. The quantitative estimate of drug-likeness (QED) is 0.744. The first-order valence-corrected chi connectivity index (χ1v) is 6.73. The molecule has 0 amide bonds. The number of nitrogens with zero attached hydrogens (tertiary/aromatic N) is 2. The van der Waals surface area contributed by atoms with Crippen LogP contribution < -0.4 is 5.32 Å². The molecule has 0 aromatic heterocycles. The molecule has 3 nitrogen and oxygen atoms in total. The number of rotatable bonds is 5. The first kappa shape index (κ1) is 12.3. The molecular formula is C13H27N3. The van der Waals surface area contributed by atoms with Gasteiger partial charge in [0.15, 0.2) is 0 Å². The average molecular weight is 225 g/mol. The largest absolute Gasteiger partial charge is 0.316 e. The number of likely N-dealkylation sites (tertiary alicyclic amines) is 1. The molecule has 0 radical (unpaired) electrons. The van der Waals surface area contributed by atoms with Crippen LogP contribution in [-0.4, -0.2) is 63.2 Å². The first-order chi connectivity index (χ1) is 7.65. The molecule has 1 N–H and O–H groups in total. The minimum atomic E-state index is 0.852. The van der Waals surface area contributed by atoms with Gasteiger partial charge in [-0.25, -0.2) is 0 Å². The molecule has 0 saturated carbocycles. The third-order valence-corrected chi connectivity index (χ3v) is 4.28. The molecule has 3 heteroatoms. The molecule has 94 valence electrons. The van der Waals surface area contributed by atoms with E-state index in [1.54, 1.807) is 0 Å². The van der Waals surface area contributed by atoms with E-state index >= 15 is 0 Å². The van der Waals surface area contributed by atoms with Crippen molar-refractivity contribution in [1.29, 1.82) is 0 Å². The Labute approximate surface area is 100 Å². The summed E-state index contributed by atoms with van der Waals surface area (Å²) in [6.07, 6.45) is 1.39. The maximum absolute atomic E-state index is 3.37. The molecule has 0 bridgehead atoms. The summed E-state index contributed by atoms with van der Waals surface area (Å²) in [5.74, 6) is 2.68. The van der Waals surface area contributed by atoms with Gasteiger partial charge in [0.1, 0.15) is 0 Å². The van der Waals surface area contributed by atoms with Gasteiger partial charge in [0.05, 0.1) is 0 Å². The van der Waals surface area contributed by atoms with Gasteiger partial charge in [-0.2, -0.15) is 0 Å². The van der Waals surface area contributed by atoms with Crippen molar-refractivity contribution in [1.82, 2.24) is 15.1 Å². The van der Waals surface area contributed by atoms with Crippen molar-refractivity contribution < 1.29 is 0 Å². The van der Waals surface area contributed by atoms with Crippen molar-refractivity contribution >= 4 is 0 Å². The molecule has 2 aliphatic heterocycles. The predicted molar refractivity (Wildman–Crippen MR) is 68.6 cm³/mol. The summed E-state index contributed by atoms with van der Waals surface area (Å²) < 4.78 is 0. The summed E-state index contributed by atoms with van der Waals surface area (Å²) >= 11 is 0. The molecule has 0 aliphatic carbocycles. The van der Waals surface area contributed by atoms with Crippen molar-refractivity contribution in [2.75, 3.05) is 53.4 Å². The molecule has 2 saturated heterocycles.